The number of hydrogen-bond donors (Lipinski definition) is 1. The van der Waals surface area contributed by atoms with Gasteiger partial charge in [-0.2, -0.15) is 0 Å². The Labute approximate surface area is 70.2 Å². The summed E-state index contributed by atoms with van der Waals surface area (Å²) in [6.45, 7) is 0. The standard InChI is InChI=1S/C9H9NO2/c1-10-7-5-3-2-4-6(7)8(11)9(10)12/h2-5,8,11H,1H3/t8-/m1/s1. The van der Waals surface area contributed by atoms with Crippen LogP contribution in [0.4, 0.5) is 5.69 Å². The second-order valence-electron chi connectivity index (χ2n) is 2.86. The van der Waals surface area contributed by atoms with Gasteiger partial charge in [0.05, 0.1) is 0 Å². The van der Waals surface area contributed by atoms with Crippen LogP contribution in [0.1, 0.15) is 11.7 Å². The predicted molar refractivity (Wildman–Crippen MR) is 44.8 cm³/mol. The van der Waals surface area contributed by atoms with Crippen molar-refractivity contribution in [3.63, 3.8) is 0 Å². The van der Waals surface area contributed by atoms with Gasteiger partial charge in [-0.25, -0.2) is 0 Å². The van der Waals surface area contributed by atoms with Crippen molar-refractivity contribution >= 4 is 11.6 Å². The van der Waals surface area contributed by atoms with Crippen molar-refractivity contribution < 1.29 is 9.90 Å². The van der Waals surface area contributed by atoms with Crippen LogP contribution in [0.15, 0.2) is 24.3 Å². The molecule has 0 spiro atoms. The molecule has 1 aliphatic rings. The predicted octanol–water partition coefficient (Wildman–Crippen LogP) is 0.696. The highest BCUT2D eigenvalue weighted by atomic mass is 16.3. The van der Waals surface area contributed by atoms with Crippen molar-refractivity contribution in [3.8, 4) is 0 Å². The summed E-state index contributed by atoms with van der Waals surface area (Å²) >= 11 is 0. The first kappa shape index (κ1) is 7.31. The van der Waals surface area contributed by atoms with E-state index in [1.165, 1.54) is 4.90 Å². The minimum atomic E-state index is -0.966. The molecule has 62 valence electrons. The first-order chi connectivity index (χ1) is 5.72. The van der Waals surface area contributed by atoms with Crippen LogP contribution in [0, 0.1) is 0 Å². The summed E-state index contributed by atoms with van der Waals surface area (Å²) in [6.07, 6.45) is -0.966. The molecule has 1 atom stereocenters. The molecule has 3 heteroatoms. The molecule has 1 heterocycles. The zero-order chi connectivity index (χ0) is 8.72. The second-order valence-corrected chi connectivity index (χ2v) is 2.86. The average Bonchev–Trinajstić information content (AvgIpc) is 2.33. The van der Waals surface area contributed by atoms with E-state index in [1.807, 2.05) is 18.2 Å². The molecule has 1 aromatic rings. The quantitative estimate of drug-likeness (QED) is 0.611. The fraction of sp³-hybridized carbons (Fsp3) is 0.222. The molecule has 0 saturated heterocycles. The molecule has 2 rings (SSSR count). The van der Waals surface area contributed by atoms with Gasteiger partial charge in [0.25, 0.3) is 5.91 Å². The van der Waals surface area contributed by atoms with Crippen LogP contribution in [0.5, 0.6) is 0 Å². The number of aliphatic hydroxyl groups excluding tert-OH is 1. The fourth-order valence-corrected chi connectivity index (χ4v) is 1.46. The summed E-state index contributed by atoms with van der Waals surface area (Å²) in [5.41, 5.74) is 1.50. The lowest BCUT2D eigenvalue weighted by atomic mass is 10.1. The number of anilines is 1. The van der Waals surface area contributed by atoms with Crippen molar-refractivity contribution in [2.24, 2.45) is 0 Å². The van der Waals surface area contributed by atoms with Crippen molar-refractivity contribution in [3.05, 3.63) is 29.8 Å². The Bertz CT molecular complexity index is 304. The van der Waals surface area contributed by atoms with E-state index in [2.05, 4.69) is 0 Å². The number of carbonyl (C=O) groups excluding carboxylic acids is 1. The SMILES string of the molecule is CN1C(=O)[C@H](O)c2ccccc21. The van der Waals surface area contributed by atoms with Crippen molar-refractivity contribution in [1.82, 2.24) is 0 Å². The van der Waals surface area contributed by atoms with Gasteiger partial charge in [-0.05, 0) is 6.07 Å². The third kappa shape index (κ3) is 0.769. The first-order valence-electron chi connectivity index (χ1n) is 3.76. The number of amides is 1. The van der Waals surface area contributed by atoms with E-state index >= 15 is 0 Å². The van der Waals surface area contributed by atoms with Gasteiger partial charge in [0.15, 0.2) is 6.10 Å². The van der Waals surface area contributed by atoms with Crippen molar-refractivity contribution in [2.45, 2.75) is 6.10 Å². The minimum Gasteiger partial charge on any atom is -0.378 e. The summed E-state index contributed by atoms with van der Waals surface area (Å²) in [7, 11) is 1.66. The Morgan fingerprint density at radius 1 is 1.42 bits per heavy atom. The van der Waals surface area contributed by atoms with Gasteiger partial charge in [0, 0.05) is 18.3 Å². The summed E-state index contributed by atoms with van der Waals surface area (Å²) in [5, 5.41) is 9.43. The Morgan fingerprint density at radius 3 is 2.75 bits per heavy atom. The Hall–Kier alpha value is -1.35. The van der Waals surface area contributed by atoms with Gasteiger partial charge < -0.3 is 10.0 Å². The zero-order valence-corrected chi connectivity index (χ0v) is 6.69. The molecule has 0 aromatic heterocycles. The van der Waals surface area contributed by atoms with Gasteiger partial charge in [-0.3, -0.25) is 4.79 Å². The maximum atomic E-state index is 11.2. The van der Waals surface area contributed by atoms with Gasteiger partial charge in [0.2, 0.25) is 0 Å². The molecule has 1 amide bonds. The van der Waals surface area contributed by atoms with Crippen LogP contribution in [0.2, 0.25) is 0 Å². The lowest BCUT2D eigenvalue weighted by Crippen LogP contribution is -2.23. The topological polar surface area (TPSA) is 40.5 Å². The maximum absolute atomic E-state index is 11.2. The number of rotatable bonds is 0. The molecule has 3 nitrogen and oxygen atoms in total. The lowest BCUT2D eigenvalue weighted by Gasteiger charge is -2.08. The van der Waals surface area contributed by atoms with Crippen LogP contribution in [0.3, 0.4) is 0 Å². The van der Waals surface area contributed by atoms with Crippen LogP contribution in [-0.2, 0) is 4.79 Å². The molecule has 0 aliphatic carbocycles. The summed E-state index contributed by atoms with van der Waals surface area (Å²) in [5.74, 6) is -0.254. The average molecular weight is 163 g/mol. The third-order valence-electron chi connectivity index (χ3n) is 2.16. The monoisotopic (exact) mass is 163 g/mol. The van der Waals surface area contributed by atoms with Gasteiger partial charge in [0.1, 0.15) is 0 Å². The number of aliphatic hydroxyl groups is 1. The number of likely N-dealkylation sites (N-methyl/N-ethyl adjacent to an activating group) is 1. The number of fused-ring (bicyclic) bond motifs is 1. The van der Waals surface area contributed by atoms with Crippen LogP contribution >= 0.6 is 0 Å². The van der Waals surface area contributed by atoms with E-state index in [-0.39, 0.29) is 5.91 Å². The highest BCUT2D eigenvalue weighted by Gasteiger charge is 2.32. The van der Waals surface area contributed by atoms with Crippen molar-refractivity contribution in [1.29, 1.82) is 0 Å². The smallest absolute Gasteiger partial charge is 0.260 e. The summed E-state index contributed by atoms with van der Waals surface area (Å²) in [6, 6.07) is 7.25. The number of benzene rings is 1. The molecular weight excluding hydrogens is 154 g/mol. The van der Waals surface area contributed by atoms with Gasteiger partial charge in [-0.15, -0.1) is 0 Å². The Kier molecular flexibility index (Phi) is 1.41. The number of hydrogen-bond acceptors (Lipinski definition) is 2. The van der Waals surface area contributed by atoms with Gasteiger partial charge >= 0.3 is 0 Å². The molecule has 0 bridgehead atoms. The molecule has 1 N–H and O–H groups in total. The normalized spacial score (nSPS) is 21.3. The van der Waals surface area contributed by atoms with E-state index in [1.54, 1.807) is 13.1 Å². The number of carbonyl (C=O) groups is 1. The largest absolute Gasteiger partial charge is 0.378 e. The van der Waals surface area contributed by atoms with E-state index < -0.39 is 6.10 Å². The fourth-order valence-electron chi connectivity index (χ4n) is 1.46. The Morgan fingerprint density at radius 2 is 2.08 bits per heavy atom. The first-order valence-corrected chi connectivity index (χ1v) is 3.76. The van der Waals surface area contributed by atoms with E-state index in [0.717, 1.165) is 5.69 Å². The molecule has 12 heavy (non-hydrogen) atoms. The highest BCUT2D eigenvalue weighted by molar-refractivity contribution is 6.03. The van der Waals surface area contributed by atoms with Crippen LogP contribution in [-0.4, -0.2) is 18.1 Å². The van der Waals surface area contributed by atoms with Gasteiger partial charge in [-0.1, -0.05) is 18.2 Å². The second kappa shape index (κ2) is 2.32. The maximum Gasteiger partial charge on any atom is 0.260 e. The summed E-state index contributed by atoms with van der Waals surface area (Å²) in [4.78, 5) is 12.7. The van der Waals surface area contributed by atoms with Crippen LogP contribution < -0.4 is 4.90 Å². The van der Waals surface area contributed by atoms with Crippen LogP contribution in [0.25, 0.3) is 0 Å². The third-order valence-corrected chi connectivity index (χ3v) is 2.16. The zero-order valence-electron chi connectivity index (χ0n) is 6.69. The van der Waals surface area contributed by atoms with Crippen molar-refractivity contribution in [2.75, 3.05) is 11.9 Å². The minimum absolute atomic E-state index is 0.254. The number of para-hydroxylation sites is 1. The lowest BCUT2D eigenvalue weighted by molar-refractivity contribution is -0.125. The molecule has 1 aromatic carbocycles. The highest BCUT2D eigenvalue weighted by Crippen LogP contribution is 2.33. The summed E-state index contributed by atoms with van der Waals surface area (Å²) < 4.78 is 0. The van der Waals surface area contributed by atoms with E-state index in [0.29, 0.717) is 5.56 Å². The van der Waals surface area contributed by atoms with E-state index in [4.69, 9.17) is 0 Å². The molecular formula is C9H9NO2. The molecule has 0 saturated carbocycles. The molecule has 1 aliphatic heterocycles. The Balaban J connectivity index is 2.59. The molecule has 0 radical (unpaired) electrons. The molecule has 0 fully saturated rings. The molecule has 0 unspecified atom stereocenters. The van der Waals surface area contributed by atoms with E-state index in [9.17, 15) is 9.90 Å². The number of nitrogens with zero attached hydrogens (tertiary/aromatic N) is 1.